The van der Waals surface area contributed by atoms with Crippen LogP contribution >= 0.6 is 11.3 Å². The number of carbonyl (C=O) groups is 1. The van der Waals surface area contributed by atoms with Gasteiger partial charge >= 0.3 is 0 Å². The molecule has 0 spiro atoms. The largest absolute Gasteiger partial charge is 1.00 e. The number of unbranched alkanes of at least 4 members (excludes halogenated alkanes) is 11. The van der Waals surface area contributed by atoms with Gasteiger partial charge in [-0.25, -0.2) is 0 Å². The molecule has 0 radical (unpaired) electrons. The first-order valence-electron chi connectivity index (χ1n) is 15.2. The van der Waals surface area contributed by atoms with E-state index in [9.17, 15) is 4.79 Å². The standard InChI is InChI=1S/C34H48N2O3S.BrH/c1-4-5-6-7-8-9-10-11-12-13-14-17-22-39-32-21-20-29(23-33(32)38-3)24-34(37)35-31-19-16-15-18-30(31)25-36-27-40-26-28(36)2;/h15-16,18-21,23,26-27H,4-14,17,22,24-25H2,1-3H3;1H. The lowest BCUT2D eigenvalue weighted by molar-refractivity contribution is -0.689. The van der Waals surface area contributed by atoms with E-state index in [0.29, 0.717) is 12.4 Å². The molecule has 1 amide bonds. The molecule has 0 bridgehead atoms. The van der Waals surface area contributed by atoms with E-state index in [2.05, 4.69) is 40.7 Å². The van der Waals surface area contributed by atoms with Crippen molar-refractivity contribution in [3.05, 3.63) is 70.2 Å². The predicted molar refractivity (Wildman–Crippen MR) is 167 cm³/mol. The summed E-state index contributed by atoms with van der Waals surface area (Å²) in [5.74, 6) is 1.36. The quantitative estimate of drug-likeness (QED) is 0.127. The van der Waals surface area contributed by atoms with Crippen molar-refractivity contribution in [3.63, 3.8) is 0 Å². The monoisotopic (exact) mass is 644 g/mol. The predicted octanol–water partition coefficient (Wildman–Crippen LogP) is 5.67. The lowest BCUT2D eigenvalue weighted by Gasteiger charge is -2.13. The van der Waals surface area contributed by atoms with E-state index in [1.807, 2.05) is 36.4 Å². The zero-order chi connectivity index (χ0) is 28.4. The maximum Gasteiger partial charge on any atom is 0.228 e. The molecule has 7 heteroatoms. The number of rotatable bonds is 20. The summed E-state index contributed by atoms with van der Waals surface area (Å²) in [6, 6.07) is 13.8. The van der Waals surface area contributed by atoms with Crippen LogP contribution in [0.25, 0.3) is 0 Å². The lowest BCUT2D eigenvalue weighted by atomic mass is 10.1. The number of aromatic nitrogens is 1. The third-order valence-electron chi connectivity index (χ3n) is 7.36. The van der Waals surface area contributed by atoms with Gasteiger partial charge in [0.25, 0.3) is 0 Å². The van der Waals surface area contributed by atoms with Crippen molar-refractivity contribution in [1.29, 1.82) is 0 Å². The van der Waals surface area contributed by atoms with Gasteiger partial charge in [-0.2, -0.15) is 4.57 Å². The number of thiazole rings is 1. The molecular weight excluding hydrogens is 596 g/mol. The normalized spacial score (nSPS) is 10.7. The first-order chi connectivity index (χ1) is 19.6. The molecule has 0 aliphatic heterocycles. The van der Waals surface area contributed by atoms with Gasteiger partial charge in [0.1, 0.15) is 0 Å². The van der Waals surface area contributed by atoms with Gasteiger partial charge in [0.15, 0.2) is 23.7 Å². The molecule has 0 aliphatic carbocycles. The average Bonchev–Trinajstić information content (AvgIpc) is 3.36. The number of carbonyl (C=O) groups excluding carboxylic acids is 1. The summed E-state index contributed by atoms with van der Waals surface area (Å²) in [5, 5.41) is 5.23. The third-order valence-corrected chi connectivity index (χ3v) is 8.21. The van der Waals surface area contributed by atoms with Gasteiger partial charge in [-0.1, -0.05) is 113 Å². The van der Waals surface area contributed by atoms with Crippen LogP contribution in [0.5, 0.6) is 11.5 Å². The first kappa shape index (κ1) is 34.8. The highest BCUT2D eigenvalue weighted by Crippen LogP contribution is 2.29. The van der Waals surface area contributed by atoms with Crippen molar-refractivity contribution in [2.45, 2.75) is 104 Å². The van der Waals surface area contributed by atoms with Gasteiger partial charge in [0, 0.05) is 12.5 Å². The highest BCUT2D eigenvalue weighted by atomic mass is 79.9. The molecule has 2 aromatic carbocycles. The second-order valence-corrected chi connectivity index (χ2v) is 11.5. The molecule has 1 aromatic heterocycles. The zero-order valence-electron chi connectivity index (χ0n) is 25.3. The van der Waals surface area contributed by atoms with Crippen molar-refractivity contribution >= 4 is 22.9 Å². The number of benzene rings is 2. The Morgan fingerprint density at radius 2 is 1.54 bits per heavy atom. The second-order valence-electron chi connectivity index (χ2n) is 10.7. The smallest absolute Gasteiger partial charge is 0.228 e. The molecule has 0 unspecified atom stereocenters. The van der Waals surface area contributed by atoms with Gasteiger partial charge in [-0.15, -0.1) is 0 Å². The summed E-state index contributed by atoms with van der Waals surface area (Å²) in [7, 11) is 1.65. The highest BCUT2D eigenvalue weighted by Gasteiger charge is 2.14. The fourth-order valence-electron chi connectivity index (χ4n) is 4.92. The van der Waals surface area contributed by atoms with Crippen LogP contribution in [-0.4, -0.2) is 19.6 Å². The van der Waals surface area contributed by atoms with Crippen molar-refractivity contribution in [3.8, 4) is 11.5 Å². The number of para-hydroxylation sites is 1. The fraction of sp³-hybridized carbons (Fsp3) is 0.529. The number of hydrogen-bond acceptors (Lipinski definition) is 4. The minimum absolute atomic E-state index is 0. The highest BCUT2D eigenvalue weighted by molar-refractivity contribution is 7.07. The molecule has 1 N–H and O–H groups in total. The average molecular weight is 646 g/mol. The maximum atomic E-state index is 12.9. The number of methoxy groups -OCH3 is 1. The van der Waals surface area contributed by atoms with Crippen molar-refractivity contribution < 1.29 is 35.8 Å². The van der Waals surface area contributed by atoms with Crippen LogP contribution in [0.2, 0.25) is 0 Å². The number of hydrogen-bond donors (Lipinski definition) is 1. The number of nitrogens with zero attached hydrogens (tertiary/aromatic N) is 1. The van der Waals surface area contributed by atoms with Gasteiger partial charge in [-0.3, -0.25) is 4.79 Å². The van der Waals surface area contributed by atoms with Crippen molar-refractivity contribution in [2.75, 3.05) is 19.0 Å². The Morgan fingerprint density at radius 3 is 2.17 bits per heavy atom. The summed E-state index contributed by atoms with van der Waals surface area (Å²) in [6.45, 7) is 5.78. The molecule has 3 rings (SSSR count). The molecule has 0 saturated heterocycles. The number of nitrogens with one attached hydrogen (secondary N) is 1. The van der Waals surface area contributed by atoms with Crippen LogP contribution in [0.3, 0.4) is 0 Å². The molecular formula is C34H49BrN2O3S. The van der Waals surface area contributed by atoms with E-state index < -0.39 is 0 Å². The molecule has 41 heavy (non-hydrogen) atoms. The topological polar surface area (TPSA) is 51.4 Å². The van der Waals surface area contributed by atoms with Crippen LogP contribution in [-0.2, 0) is 17.8 Å². The van der Waals surface area contributed by atoms with E-state index in [-0.39, 0.29) is 29.3 Å². The summed E-state index contributed by atoms with van der Waals surface area (Å²) in [6.07, 6.45) is 16.2. The van der Waals surface area contributed by atoms with Crippen molar-refractivity contribution in [1.82, 2.24) is 0 Å². The third kappa shape index (κ3) is 13.0. The Bertz CT molecular complexity index is 1150. The van der Waals surface area contributed by atoms with E-state index in [1.165, 1.54) is 76.3 Å². The fourth-order valence-corrected chi connectivity index (χ4v) is 5.71. The van der Waals surface area contributed by atoms with E-state index >= 15 is 0 Å². The van der Waals surface area contributed by atoms with E-state index in [1.54, 1.807) is 18.4 Å². The summed E-state index contributed by atoms with van der Waals surface area (Å²) >= 11 is 1.68. The molecule has 3 aromatic rings. The second kappa shape index (κ2) is 20.5. The SMILES string of the molecule is CCCCCCCCCCCCCCOc1ccc(CC(=O)Nc2ccccc2C[n+]2cscc2C)cc1OC.[Br-]. The van der Waals surface area contributed by atoms with Crippen LogP contribution in [0.4, 0.5) is 5.69 Å². The van der Waals surface area contributed by atoms with Crippen LogP contribution < -0.4 is 36.3 Å². The minimum atomic E-state index is -0.0493. The van der Waals surface area contributed by atoms with Gasteiger partial charge in [-0.05, 0) is 30.2 Å². The molecule has 0 saturated carbocycles. The first-order valence-corrected chi connectivity index (χ1v) is 16.1. The number of amides is 1. The maximum absolute atomic E-state index is 12.9. The zero-order valence-corrected chi connectivity index (χ0v) is 27.7. The Kier molecular flexibility index (Phi) is 17.4. The van der Waals surface area contributed by atoms with Gasteiger partial charge in [0.05, 0.1) is 31.2 Å². The molecule has 0 atom stereocenters. The Hall–Kier alpha value is -2.38. The lowest BCUT2D eigenvalue weighted by Crippen LogP contribution is -3.00. The summed E-state index contributed by atoms with van der Waals surface area (Å²) < 4.78 is 13.8. The molecule has 1 heterocycles. The summed E-state index contributed by atoms with van der Waals surface area (Å²) in [5.41, 5.74) is 6.13. The summed E-state index contributed by atoms with van der Waals surface area (Å²) in [4.78, 5) is 12.9. The van der Waals surface area contributed by atoms with Crippen LogP contribution in [0.1, 0.15) is 101 Å². The Morgan fingerprint density at radius 1 is 0.878 bits per heavy atom. The molecule has 5 nitrogen and oxygen atoms in total. The van der Waals surface area contributed by atoms with Crippen molar-refractivity contribution in [2.24, 2.45) is 0 Å². The molecule has 226 valence electrons. The number of ether oxygens (including phenoxy) is 2. The Balaban J connectivity index is 0.00000588. The van der Waals surface area contributed by atoms with Crippen LogP contribution in [0.15, 0.2) is 53.4 Å². The van der Waals surface area contributed by atoms with E-state index in [0.717, 1.165) is 35.5 Å². The van der Waals surface area contributed by atoms with Crippen LogP contribution in [0, 0.1) is 6.92 Å². The van der Waals surface area contributed by atoms with Gasteiger partial charge < -0.3 is 31.8 Å². The molecule has 0 aliphatic rings. The minimum Gasteiger partial charge on any atom is -1.00 e. The number of anilines is 1. The van der Waals surface area contributed by atoms with Gasteiger partial charge in [0.2, 0.25) is 11.4 Å². The Labute approximate surface area is 262 Å². The van der Waals surface area contributed by atoms with E-state index in [4.69, 9.17) is 9.47 Å². The number of aryl methyl sites for hydroxylation is 1. The number of halogens is 1. The molecule has 0 fully saturated rings.